The maximum Gasteiger partial charge on any atom is 0.262 e. The molecule has 0 aliphatic heterocycles. The summed E-state index contributed by atoms with van der Waals surface area (Å²) in [7, 11) is -3.83. The molecule has 6 heteroatoms. The van der Waals surface area contributed by atoms with Crippen LogP contribution in [0.5, 0.6) is 5.75 Å². The Morgan fingerprint density at radius 2 is 1.68 bits per heavy atom. The van der Waals surface area contributed by atoms with Crippen molar-refractivity contribution in [1.82, 2.24) is 0 Å². The average molecular weight is 319 g/mol. The van der Waals surface area contributed by atoms with Crippen LogP contribution in [0, 0.1) is 13.8 Å². The Balaban J connectivity index is 2.38. The SMILES string of the molecule is CC(=O)c1ccc(S(=O)(=O)Nc2cc(C)cc(C)c2O)cc1. The Bertz CT molecular complexity index is 824. The van der Waals surface area contributed by atoms with Crippen LogP contribution in [-0.2, 0) is 10.0 Å². The average Bonchev–Trinajstić information content (AvgIpc) is 2.44. The summed E-state index contributed by atoms with van der Waals surface area (Å²) in [6, 6.07) is 8.95. The highest BCUT2D eigenvalue weighted by atomic mass is 32.2. The van der Waals surface area contributed by atoms with Gasteiger partial charge in [0.15, 0.2) is 5.78 Å². The molecule has 0 atom stereocenters. The number of hydrogen-bond donors (Lipinski definition) is 2. The van der Waals surface area contributed by atoms with Gasteiger partial charge < -0.3 is 5.11 Å². The second-order valence-corrected chi connectivity index (χ2v) is 6.85. The number of aromatic hydroxyl groups is 1. The van der Waals surface area contributed by atoms with Crippen LogP contribution in [0.3, 0.4) is 0 Å². The van der Waals surface area contributed by atoms with Crippen molar-refractivity contribution >= 4 is 21.5 Å². The van der Waals surface area contributed by atoms with Gasteiger partial charge in [-0.2, -0.15) is 0 Å². The fourth-order valence-corrected chi connectivity index (χ4v) is 3.17. The molecule has 0 unspecified atom stereocenters. The molecule has 22 heavy (non-hydrogen) atoms. The summed E-state index contributed by atoms with van der Waals surface area (Å²) in [4.78, 5) is 11.2. The number of carbonyl (C=O) groups excluding carboxylic acids is 1. The van der Waals surface area contributed by atoms with Crippen molar-refractivity contribution in [2.75, 3.05) is 4.72 Å². The van der Waals surface area contributed by atoms with Crippen LogP contribution in [0.2, 0.25) is 0 Å². The summed E-state index contributed by atoms with van der Waals surface area (Å²) in [6.07, 6.45) is 0. The van der Waals surface area contributed by atoms with Gasteiger partial charge >= 0.3 is 0 Å². The smallest absolute Gasteiger partial charge is 0.262 e. The van der Waals surface area contributed by atoms with E-state index in [0.717, 1.165) is 5.56 Å². The standard InChI is InChI=1S/C16H17NO4S/c1-10-8-11(2)16(19)15(9-10)17-22(20,21)14-6-4-13(5-7-14)12(3)18/h4-9,17,19H,1-3H3. The summed E-state index contributed by atoms with van der Waals surface area (Å²) in [6.45, 7) is 4.92. The molecule has 0 fully saturated rings. The number of rotatable bonds is 4. The summed E-state index contributed by atoms with van der Waals surface area (Å²) in [5.41, 5.74) is 1.99. The maximum absolute atomic E-state index is 12.4. The van der Waals surface area contributed by atoms with Crippen molar-refractivity contribution in [2.45, 2.75) is 25.7 Å². The lowest BCUT2D eigenvalue weighted by Crippen LogP contribution is -2.13. The summed E-state index contributed by atoms with van der Waals surface area (Å²) in [5.74, 6) is -0.238. The van der Waals surface area contributed by atoms with E-state index < -0.39 is 10.0 Å². The topological polar surface area (TPSA) is 83.5 Å². The fraction of sp³-hybridized carbons (Fsp3) is 0.188. The number of phenols is 1. The molecule has 2 aromatic carbocycles. The van der Waals surface area contributed by atoms with Gasteiger partial charge in [0, 0.05) is 5.56 Å². The molecule has 0 spiro atoms. The number of phenolic OH excluding ortho intramolecular Hbond substituents is 1. The monoisotopic (exact) mass is 319 g/mol. The van der Waals surface area contributed by atoms with Gasteiger partial charge in [0.2, 0.25) is 0 Å². The largest absolute Gasteiger partial charge is 0.505 e. The normalized spacial score (nSPS) is 11.2. The summed E-state index contributed by atoms with van der Waals surface area (Å²) in [5, 5.41) is 9.98. The van der Waals surface area contributed by atoms with Crippen LogP contribution >= 0.6 is 0 Å². The minimum atomic E-state index is -3.83. The van der Waals surface area contributed by atoms with E-state index in [4.69, 9.17) is 0 Å². The number of hydrogen-bond acceptors (Lipinski definition) is 4. The lowest BCUT2D eigenvalue weighted by atomic mass is 10.1. The zero-order valence-electron chi connectivity index (χ0n) is 12.5. The second kappa shape index (κ2) is 5.81. The van der Waals surface area contributed by atoms with E-state index >= 15 is 0 Å². The van der Waals surface area contributed by atoms with Gasteiger partial charge in [-0.05, 0) is 50.1 Å². The van der Waals surface area contributed by atoms with Crippen LogP contribution in [0.25, 0.3) is 0 Å². The first-order chi connectivity index (χ1) is 10.2. The lowest BCUT2D eigenvalue weighted by molar-refractivity contribution is 0.101. The zero-order chi connectivity index (χ0) is 16.5. The van der Waals surface area contributed by atoms with E-state index in [2.05, 4.69) is 4.72 Å². The van der Waals surface area contributed by atoms with Gasteiger partial charge in [-0.3, -0.25) is 9.52 Å². The van der Waals surface area contributed by atoms with E-state index in [1.165, 1.54) is 31.2 Å². The molecule has 0 bridgehead atoms. The Morgan fingerprint density at radius 1 is 1.09 bits per heavy atom. The number of carbonyl (C=O) groups is 1. The first kappa shape index (κ1) is 16.0. The minimum Gasteiger partial charge on any atom is -0.505 e. The van der Waals surface area contributed by atoms with Crippen LogP contribution in [0.15, 0.2) is 41.3 Å². The summed E-state index contributed by atoms with van der Waals surface area (Å²) < 4.78 is 27.1. The van der Waals surface area contributed by atoms with Gasteiger partial charge in [-0.25, -0.2) is 8.42 Å². The second-order valence-electron chi connectivity index (χ2n) is 5.16. The molecule has 0 aliphatic rings. The third-order valence-corrected chi connectivity index (χ3v) is 4.64. The molecule has 0 aliphatic carbocycles. The zero-order valence-corrected chi connectivity index (χ0v) is 13.4. The molecule has 2 N–H and O–H groups in total. The Hall–Kier alpha value is -2.34. The molecule has 0 amide bonds. The molecule has 0 saturated heterocycles. The number of aryl methyl sites for hydroxylation is 2. The highest BCUT2D eigenvalue weighted by molar-refractivity contribution is 7.92. The number of anilines is 1. The number of benzene rings is 2. The number of Topliss-reactive ketones (excluding diaryl/α,β-unsaturated/α-hetero) is 1. The highest BCUT2D eigenvalue weighted by Gasteiger charge is 2.17. The lowest BCUT2D eigenvalue weighted by Gasteiger charge is -2.12. The first-order valence-electron chi connectivity index (χ1n) is 6.65. The number of nitrogens with one attached hydrogen (secondary N) is 1. The van der Waals surface area contributed by atoms with Gasteiger partial charge in [-0.15, -0.1) is 0 Å². The van der Waals surface area contributed by atoms with E-state index in [1.807, 2.05) is 6.92 Å². The Morgan fingerprint density at radius 3 is 2.23 bits per heavy atom. The van der Waals surface area contributed by atoms with E-state index in [-0.39, 0.29) is 22.1 Å². The molecule has 0 aromatic heterocycles. The molecule has 2 rings (SSSR count). The van der Waals surface area contributed by atoms with E-state index in [9.17, 15) is 18.3 Å². The van der Waals surface area contributed by atoms with Crippen molar-refractivity contribution in [1.29, 1.82) is 0 Å². The quantitative estimate of drug-likeness (QED) is 0.670. The molecule has 2 aromatic rings. The number of ketones is 1. The molecule has 0 saturated carbocycles. The van der Waals surface area contributed by atoms with Crippen molar-refractivity contribution < 1.29 is 18.3 Å². The van der Waals surface area contributed by atoms with Crippen molar-refractivity contribution in [3.05, 3.63) is 53.1 Å². The fourth-order valence-electron chi connectivity index (χ4n) is 2.11. The van der Waals surface area contributed by atoms with Gasteiger partial charge in [-0.1, -0.05) is 18.2 Å². The molecular formula is C16H17NO4S. The number of sulfonamides is 1. The van der Waals surface area contributed by atoms with Crippen molar-refractivity contribution in [2.24, 2.45) is 0 Å². The van der Waals surface area contributed by atoms with Crippen molar-refractivity contribution in [3.63, 3.8) is 0 Å². The predicted octanol–water partition coefficient (Wildman–Crippen LogP) is 3.01. The van der Waals surface area contributed by atoms with E-state index in [0.29, 0.717) is 11.1 Å². The first-order valence-corrected chi connectivity index (χ1v) is 8.13. The van der Waals surface area contributed by atoms with Crippen LogP contribution in [-0.4, -0.2) is 19.3 Å². The molecule has 0 heterocycles. The van der Waals surface area contributed by atoms with Gasteiger partial charge in [0.25, 0.3) is 10.0 Å². The third kappa shape index (κ3) is 3.28. The van der Waals surface area contributed by atoms with Crippen LogP contribution < -0.4 is 4.72 Å². The maximum atomic E-state index is 12.4. The molecule has 0 radical (unpaired) electrons. The highest BCUT2D eigenvalue weighted by Crippen LogP contribution is 2.30. The predicted molar refractivity (Wildman–Crippen MR) is 84.8 cm³/mol. The Labute approximate surface area is 129 Å². The third-order valence-electron chi connectivity index (χ3n) is 3.26. The Kier molecular flexibility index (Phi) is 4.23. The molecule has 5 nitrogen and oxygen atoms in total. The molecular weight excluding hydrogens is 302 g/mol. The van der Waals surface area contributed by atoms with E-state index in [1.54, 1.807) is 19.1 Å². The van der Waals surface area contributed by atoms with Crippen molar-refractivity contribution in [3.8, 4) is 5.75 Å². The molecule has 116 valence electrons. The minimum absolute atomic E-state index is 0.0241. The van der Waals surface area contributed by atoms with Gasteiger partial charge in [0.05, 0.1) is 10.6 Å². The van der Waals surface area contributed by atoms with Gasteiger partial charge in [0.1, 0.15) is 5.75 Å². The van der Waals surface area contributed by atoms with Crippen LogP contribution in [0.1, 0.15) is 28.4 Å². The van der Waals surface area contributed by atoms with Crippen LogP contribution in [0.4, 0.5) is 5.69 Å². The summed E-state index contributed by atoms with van der Waals surface area (Å²) >= 11 is 0.